The smallest absolute Gasteiger partial charge is 0.394 e. The molecule has 0 aromatic rings. The van der Waals surface area contributed by atoms with E-state index in [4.69, 9.17) is 57.8 Å². The van der Waals surface area contributed by atoms with Gasteiger partial charge >= 0.3 is 10.4 Å². The van der Waals surface area contributed by atoms with Crippen LogP contribution in [-0.4, -0.2) is 320 Å². The quantitative estimate of drug-likeness (QED) is 0.0475. The molecule has 474 valence electrons. The van der Waals surface area contributed by atoms with E-state index in [-0.39, 0.29) is 0 Å². The number of carbonyl (C=O) groups is 4. The van der Waals surface area contributed by atoms with Crippen molar-refractivity contribution in [3.63, 3.8) is 0 Å². The standard InChI is InChI=1S/C44H75N5O32S/c1-11-26(57)33(64)34(65)44(72-11)70-9-19-37(29(60)22(39(66)73-19)46-12(2)53)80-43-25(49-15(5)56)32(63)38(20(77-43)10-71-82(67,68)69)81-42-24(48-14(4)55)31(62)36(18(8-52)76-42)79-41-23(47-13(3)54)30(61)35(17(7-51)75-41)78-40-21(45)28(59)27(58)16(6-50)74-40/h11,16-44,50-52,57-66H,6-10,45H2,1-5H3,(H,46,53)(H,47,54)(H,48,55)(H,49,56)(H,67,68,69). The molecule has 6 aliphatic rings. The fourth-order valence-corrected chi connectivity index (χ4v) is 10.5. The van der Waals surface area contributed by atoms with Crippen LogP contribution < -0.4 is 27.0 Å². The van der Waals surface area contributed by atoms with Gasteiger partial charge in [0, 0.05) is 27.7 Å². The molecule has 0 aromatic heterocycles. The Morgan fingerprint density at radius 3 is 1.22 bits per heavy atom. The molecule has 0 radical (unpaired) electrons. The Morgan fingerprint density at radius 1 is 0.439 bits per heavy atom. The van der Waals surface area contributed by atoms with Crippen molar-refractivity contribution in [3.8, 4) is 0 Å². The van der Waals surface area contributed by atoms with Crippen molar-refractivity contribution in [1.29, 1.82) is 0 Å². The van der Waals surface area contributed by atoms with E-state index in [9.17, 15) is 98.5 Å². The lowest BCUT2D eigenvalue weighted by Crippen LogP contribution is -2.72. The second-order valence-electron chi connectivity index (χ2n) is 20.3. The number of ether oxygens (including phenoxy) is 11. The third-order valence-corrected chi connectivity index (χ3v) is 14.7. The Bertz CT molecular complexity index is 2230. The third-order valence-electron chi connectivity index (χ3n) is 14.3. The van der Waals surface area contributed by atoms with Crippen LogP contribution in [0.1, 0.15) is 34.6 Å². The lowest BCUT2D eigenvalue weighted by molar-refractivity contribution is -0.368. The van der Waals surface area contributed by atoms with Crippen LogP contribution in [0.3, 0.4) is 0 Å². The first-order chi connectivity index (χ1) is 38.4. The van der Waals surface area contributed by atoms with E-state index in [1.54, 1.807) is 0 Å². The van der Waals surface area contributed by atoms with Gasteiger partial charge in [0.25, 0.3) is 0 Å². The highest BCUT2D eigenvalue weighted by Crippen LogP contribution is 2.36. The molecule has 6 rings (SSSR count). The largest absolute Gasteiger partial charge is 0.397 e. The number of aliphatic hydroxyl groups excluding tert-OH is 13. The van der Waals surface area contributed by atoms with Gasteiger partial charge in [-0.15, -0.1) is 0 Å². The number of hydrogen-bond acceptors (Lipinski definition) is 32. The fraction of sp³-hybridized carbons (Fsp3) is 0.909. The first kappa shape index (κ1) is 67.9. The molecule has 0 saturated carbocycles. The summed E-state index contributed by atoms with van der Waals surface area (Å²) in [5, 5.41) is 151. The van der Waals surface area contributed by atoms with Gasteiger partial charge in [-0.2, -0.15) is 8.42 Å². The second kappa shape index (κ2) is 29.0. The van der Waals surface area contributed by atoms with Crippen molar-refractivity contribution in [2.75, 3.05) is 33.0 Å². The molecule has 4 amide bonds. The van der Waals surface area contributed by atoms with Crippen LogP contribution in [0.4, 0.5) is 0 Å². The zero-order valence-corrected chi connectivity index (χ0v) is 45.3. The number of nitrogens with two attached hydrogens (primary N) is 1. The minimum atomic E-state index is -5.40. The number of carbonyl (C=O) groups excluding carboxylic acids is 4. The Balaban J connectivity index is 1.28. The molecule has 6 saturated heterocycles. The van der Waals surface area contributed by atoms with Crippen molar-refractivity contribution in [2.45, 2.75) is 219 Å². The van der Waals surface area contributed by atoms with Crippen LogP contribution in [0.25, 0.3) is 0 Å². The minimum Gasteiger partial charge on any atom is -0.394 e. The monoisotopic (exact) mass is 1220 g/mol. The average Bonchev–Trinajstić information content (AvgIpc) is 2.22. The molecule has 6 aliphatic heterocycles. The first-order valence-electron chi connectivity index (χ1n) is 25.7. The number of rotatable bonds is 21. The highest BCUT2D eigenvalue weighted by atomic mass is 32.3. The molecule has 0 aromatic carbocycles. The maximum atomic E-state index is 12.9. The number of amides is 4. The van der Waals surface area contributed by atoms with E-state index < -0.39 is 251 Å². The molecular weight excluding hydrogens is 1140 g/mol. The molecule has 82 heavy (non-hydrogen) atoms. The lowest BCUT2D eigenvalue weighted by Gasteiger charge is -2.51. The number of nitrogens with one attached hydrogen (secondary N) is 4. The van der Waals surface area contributed by atoms with Crippen LogP contribution >= 0.6 is 0 Å². The van der Waals surface area contributed by atoms with E-state index in [0.717, 1.165) is 27.7 Å². The van der Waals surface area contributed by atoms with E-state index in [1.807, 2.05) is 0 Å². The van der Waals surface area contributed by atoms with Gasteiger partial charge in [-0.05, 0) is 6.92 Å². The summed E-state index contributed by atoms with van der Waals surface area (Å²) in [6, 6.07) is -8.73. The molecule has 38 heteroatoms. The molecule has 30 atom stereocenters. The Labute approximate surface area is 466 Å². The van der Waals surface area contributed by atoms with Crippen LogP contribution in [-0.2, 0) is 85.9 Å². The van der Waals surface area contributed by atoms with Crippen LogP contribution in [0.2, 0.25) is 0 Å². The van der Waals surface area contributed by atoms with Crippen molar-refractivity contribution in [3.05, 3.63) is 0 Å². The Morgan fingerprint density at radius 2 is 0.805 bits per heavy atom. The molecule has 0 spiro atoms. The van der Waals surface area contributed by atoms with E-state index in [1.165, 1.54) is 6.92 Å². The maximum Gasteiger partial charge on any atom is 0.397 e. The molecule has 37 nitrogen and oxygen atoms in total. The van der Waals surface area contributed by atoms with Crippen molar-refractivity contribution >= 4 is 34.0 Å². The normalized spacial score (nSPS) is 45.6. The summed E-state index contributed by atoms with van der Waals surface area (Å²) in [5.41, 5.74) is 6.03. The second-order valence-corrected chi connectivity index (χ2v) is 21.4. The van der Waals surface area contributed by atoms with Crippen molar-refractivity contribution < 1.29 is 155 Å². The molecule has 30 unspecified atom stereocenters. The van der Waals surface area contributed by atoms with E-state index in [2.05, 4.69) is 25.5 Å². The Hall–Kier alpha value is -3.25. The molecule has 20 N–H and O–H groups in total. The van der Waals surface area contributed by atoms with Gasteiger partial charge in [0.05, 0.1) is 45.2 Å². The van der Waals surface area contributed by atoms with Crippen molar-refractivity contribution in [2.24, 2.45) is 5.73 Å². The molecule has 6 heterocycles. The topological polar surface area (TPSA) is 571 Å². The van der Waals surface area contributed by atoms with Crippen LogP contribution in [0.15, 0.2) is 0 Å². The highest BCUT2D eigenvalue weighted by molar-refractivity contribution is 7.80. The molecule has 0 aliphatic carbocycles. The van der Waals surface area contributed by atoms with Gasteiger partial charge in [-0.1, -0.05) is 0 Å². The van der Waals surface area contributed by atoms with E-state index >= 15 is 0 Å². The van der Waals surface area contributed by atoms with Gasteiger partial charge in [0.15, 0.2) is 37.7 Å². The predicted molar refractivity (Wildman–Crippen MR) is 257 cm³/mol. The zero-order chi connectivity index (χ0) is 61.0. The minimum absolute atomic E-state index is 0.803. The summed E-state index contributed by atoms with van der Waals surface area (Å²) < 4.78 is 103. The zero-order valence-electron chi connectivity index (χ0n) is 44.5. The van der Waals surface area contributed by atoms with Gasteiger partial charge < -0.3 is 145 Å². The first-order valence-corrected chi connectivity index (χ1v) is 27.0. The summed E-state index contributed by atoms with van der Waals surface area (Å²) in [7, 11) is -5.40. The summed E-state index contributed by atoms with van der Waals surface area (Å²) in [5.74, 6) is -3.46. The summed E-state index contributed by atoms with van der Waals surface area (Å²) >= 11 is 0. The maximum absolute atomic E-state index is 12.9. The SMILES string of the molecule is CC(=O)NC1C(O)OC(COC2OC(C)C(O)C(O)C2O)C(OC2OC(COS(=O)(=O)O)C(OC3OC(CO)C(OC4OC(CO)C(OC5OC(CO)C(O)C(O)C5N)C(O)C4NC(C)=O)C(O)C3NC(C)=O)C(O)C2NC(C)=O)C1O. The fourth-order valence-electron chi connectivity index (χ4n) is 10.2. The molecule has 6 fully saturated rings. The number of hydrogen-bond donors (Lipinski definition) is 19. The van der Waals surface area contributed by atoms with Gasteiger partial charge in [-0.25, -0.2) is 4.18 Å². The summed E-state index contributed by atoms with van der Waals surface area (Å²) in [4.78, 5) is 50.5. The highest BCUT2D eigenvalue weighted by Gasteiger charge is 2.58. The van der Waals surface area contributed by atoms with Gasteiger partial charge in [0.1, 0.15) is 134 Å². The van der Waals surface area contributed by atoms with Crippen molar-refractivity contribution in [1.82, 2.24) is 21.3 Å². The summed E-state index contributed by atoms with van der Waals surface area (Å²) in [6.45, 7) is 0.283. The molecule has 0 bridgehead atoms. The average molecular weight is 1220 g/mol. The predicted octanol–water partition coefficient (Wildman–Crippen LogP) is -12.7. The van der Waals surface area contributed by atoms with Crippen LogP contribution in [0.5, 0.6) is 0 Å². The lowest BCUT2D eigenvalue weighted by atomic mass is 9.93. The van der Waals surface area contributed by atoms with Gasteiger partial charge in [-0.3, -0.25) is 23.7 Å². The Kier molecular flexibility index (Phi) is 24.0. The summed E-state index contributed by atoms with van der Waals surface area (Å²) in [6.07, 6.45) is -45.8. The van der Waals surface area contributed by atoms with Gasteiger partial charge in [0.2, 0.25) is 23.6 Å². The number of aliphatic hydroxyl groups is 13. The van der Waals surface area contributed by atoms with E-state index in [0.29, 0.717) is 0 Å². The third kappa shape index (κ3) is 16.0. The molecular formula is C44H75N5O32S. The van der Waals surface area contributed by atoms with Crippen LogP contribution in [0, 0.1) is 0 Å².